The van der Waals surface area contributed by atoms with E-state index in [4.69, 9.17) is 4.84 Å². The highest BCUT2D eigenvalue weighted by molar-refractivity contribution is 5.87. The van der Waals surface area contributed by atoms with Gasteiger partial charge >= 0.3 is 0 Å². The highest BCUT2D eigenvalue weighted by Gasteiger charge is 2.19. The van der Waals surface area contributed by atoms with Crippen LogP contribution in [-0.4, -0.2) is 12.3 Å². The van der Waals surface area contributed by atoms with Crippen molar-refractivity contribution in [1.29, 1.82) is 0 Å². The Bertz CT molecular complexity index is 220. The van der Waals surface area contributed by atoms with E-state index in [1.165, 1.54) is 25.0 Å². The van der Waals surface area contributed by atoms with E-state index >= 15 is 0 Å². The average molecular weight is 193 g/mol. The largest absolute Gasteiger partial charge is 0.392 e. The molecule has 0 aromatic heterocycles. The first-order valence-electron chi connectivity index (χ1n) is 5.29. The minimum atomic E-state index is 0.504. The summed E-state index contributed by atoms with van der Waals surface area (Å²) in [5.74, 6) is 0.561. The number of hydrogen-bond acceptors (Lipinski definition) is 2. The van der Waals surface area contributed by atoms with Crippen LogP contribution in [0.15, 0.2) is 30.5 Å². The van der Waals surface area contributed by atoms with Crippen LogP contribution in [0.2, 0.25) is 0 Å². The summed E-state index contributed by atoms with van der Waals surface area (Å²) in [5, 5.41) is 4.17. The Hall–Kier alpha value is -1.05. The van der Waals surface area contributed by atoms with Crippen molar-refractivity contribution in [2.75, 3.05) is 6.61 Å². The maximum atomic E-state index is 5.13. The summed E-state index contributed by atoms with van der Waals surface area (Å²) in [7, 11) is 0. The third-order valence-electron chi connectivity index (χ3n) is 2.53. The van der Waals surface area contributed by atoms with E-state index in [9.17, 15) is 0 Å². The Labute approximate surface area is 86.3 Å². The second kappa shape index (κ2) is 6.41. The summed E-state index contributed by atoms with van der Waals surface area (Å²) < 4.78 is 0. The van der Waals surface area contributed by atoms with E-state index in [1.807, 2.05) is 6.08 Å². The van der Waals surface area contributed by atoms with Crippen molar-refractivity contribution in [1.82, 2.24) is 0 Å². The second-order valence-electron chi connectivity index (χ2n) is 3.63. The fraction of sp³-hybridized carbons (Fsp3) is 0.583. The van der Waals surface area contributed by atoms with Crippen molar-refractivity contribution >= 4 is 5.71 Å². The van der Waals surface area contributed by atoms with Gasteiger partial charge in [0.1, 0.15) is 6.61 Å². The Morgan fingerprint density at radius 1 is 1.36 bits per heavy atom. The normalized spacial score (nSPS) is 24.6. The van der Waals surface area contributed by atoms with Crippen LogP contribution >= 0.6 is 0 Å². The molecule has 0 spiro atoms. The number of hydrogen-bond donors (Lipinski definition) is 0. The Kier molecular flexibility index (Phi) is 5.05. The zero-order chi connectivity index (χ0) is 10.2. The van der Waals surface area contributed by atoms with Crippen LogP contribution in [0.25, 0.3) is 0 Å². The smallest absolute Gasteiger partial charge is 0.135 e. The molecule has 1 aliphatic carbocycles. The first-order chi connectivity index (χ1) is 6.88. The maximum Gasteiger partial charge on any atom is 0.135 e. The Morgan fingerprint density at radius 3 is 2.93 bits per heavy atom. The van der Waals surface area contributed by atoms with Gasteiger partial charge in [-0.3, -0.25) is 0 Å². The van der Waals surface area contributed by atoms with Crippen LogP contribution in [0, 0.1) is 5.92 Å². The van der Waals surface area contributed by atoms with E-state index in [0.29, 0.717) is 12.5 Å². The average Bonchev–Trinajstić information content (AvgIpc) is 2.21. The van der Waals surface area contributed by atoms with Gasteiger partial charge in [-0.25, -0.2) is 0 Å². The molecule has 1 saturated carbocycles. The molecule has 0 radical (unpaired) electrons. The van der Waals surface area contributed by atoms with Crippen molar-refractivity contribution < 1.29 is 4.84 Å². The van der Waals surface area contributed by atoms with Crippen LogP contribution in [0.1, 0.15) is 32.1 Å². The summed E-state index contributed by atoms with van der Waals surface area (Å²) in [6.45, 7) is 7.87. The van der Waals surface area contributed by atoms with Crippen molar-refractivity contribution in [2.24, 2.45) is 11.1 Å². The molecule has 0 N–H and O–H groups in total. The molecule has 1 aliphatic rings. The lowest BCUT2D eigenvalue weighted by Crippen LogP contribution is -2.19. The molecule has 1 atom stereocenters. The summed E-state index contributed by atoms with van der Waals surface area (Å²) in [4.78, 5) is 5.13. The monoisotopic (exact) mass is 193 g/mol. The second-order valence-corrected chi connectivity index (χ2v) is 3.63. The summed E-state index contributed by atoms with van der Waals surface area (Å²) >= 11 is 0. The number of nitrogens with zero attached hydrogens (tertiary/aromatic N) is 1. The zero-order valence-corrected chi connectivity index (χ0v) is 8.74. The highest BCUT2D eigenvalue weighted by atomic mass is 16.6. The van der Waals surface area contributed by atoms with Gasteiger partial charge in [0.2, 0.25) is 0 Å². The van der Waals surface area contributed by atoms with Crippen molar-refractivity contribution in [3.8, 4) is 0 Å². The van der Waals surface area contributed by atoms with Gasteiger partial charge in [0.05, 0.1) is 5.71 Å². The number of rotatable bonds is 5. The molecule has 78 valence electrons. The molecule has 0 heterocycles. The van der Waals surface area contributed by atoms with Crippen LogP contribution in [0.4, 0.5) is 0 Å². The zero-order valence-electron chi connectivity index (χ0n) is 8.74. The summed E-state index contributed by atoms with van der Waals surface area (Å²) in [6, 6.07) is 0. The predicted molar refractivity (Wildman–Crippen MR) is 60.4 cm³/mol. The molecule has 1 rings (SSSR count). The Morgan fingerprint density at radius 2 is 2.21 bits per heavy atom. The standard InChI is InChI=1S/C12H19NO/c1-3-7-11-8-5-6-9-12(11)13-14-10-4-2/h3-4,11H,1-2,5-10H2/b13-12-. The van der Waals surface area contributed by atoms with Gasteiger partial charge in [0.15, 0.2) is 0 Å². The topological polar surface area (TPSA) is 21.6 Å². The highest BCUT2D eigenvalue weighted by Crippen LogP contribution is 2.24. The van der Waals surface area contributed by atoms with Crippen molar-refractivity contribution in [3.63, 3.8) is 0 Å². The van der Waals surface area contributed by atoms with Gasteiger partial charge < -0.3 is 4.84 Å². The van der Waals surface area contributed by atoms with Gasteiger partial charge in [-0.05, 0) is 25.7 Å². The first kappa shape index (κ1) is 11.0. The van der Waals surface area contributed by atoms with Crippen LogP contribution in [0.5, 0.6) is 0 Å². The minimum Gasteiger partial charge on any atom is -0.392 e. The van der Waals surface area contributed by atoms with Crippen LogP contribution in [-0.2, 0) is 4.84 Å². The van der Waals surface area contributed by atoms with E-state index < -0.39 is 0 Å². The molecule has 0 saturated heterocycles. The molecule has 1 fully saturated rings. The number of allylic oxidation sites excluding steroid dienone is 1. The molecule has 14 heavy (non-hydrogen) atoms. The Balaban J connectivity index is 2.47. The van der Waals surface area contributed by atoms with Gasteiger partial charge in [-0.15, -0.1) is 6.58 Å². The third kappa shape index (κ3) is 3.36. The van der Waals surface area contributed by atoms with E-state index in [2.05, 4.69) is 18.3 Å². The summed E-state index contributed by atoms with van der Waals surface area (Å²) in [5.41, 5.74) is 1.21. The SMILES string of the molecule is C=CCO/N=C1/CCCCC1CC=C. The van der Waals surface area contributed by atoms with E-state index in [1.54, 1.807) is 6.08 Å². The van der Waals surface area contributed by atoms with Crippen molar-refractivity contribution in [2.45, 2.75) is 32.1 Å². The molecule has 0 aliphatic heterocycles. The maximum absolute atomic E-state index is 5.13. The van der Waals surface area contributed by atoms with Crippen LogP contribution in [0.3, 0.4) is 0 Å². The third-order valence-corrected chi connectivity index (χ3v) is 2.53. The molecule has 2 heteroatoms. The molecule has 0 bridgehead atoms. The van der Waals surface area contributed by atoms with Gasteiger partial charge in [-0.1, -0.05) is 30.3 Å². The van der Waals surface area contributed by atoms with E-state index in [-0.39, 0.29) is 0 Å². The molecule has 2 nitrogen and oxygen atoms in total. The lowest BCUT2D eigenvalue weighted by molar-refractivity contribution is 0.170. The van der Waals surface area contributed by atoms with Gasteiger partial charge in [0.25, 0.3) is 0 Å². The fourth-order valence-corrected chi connectivity index (χ4v) is 1.82. The lowest BCUT2D eigenvalue weighted by Gasteiger charge is -2.22. The molecule has 0 aromatic carbocycles. The summed E-state index contributed by atoms with van der Waals surface area (Å²) in [6.07, 6.45) is 9.56. The van der Waals surface area contributed by atoms with Gasteiger partial charge in [-0.2, -0.15) is 0 Å². The van der Waals surface area contributed by atoms with E-state index in [0.717, 1.165) is 12.8 Å². The molecule has 0 amide bonds. The fourth-order valence-electron chi connectivity index (χ4n) is 1.82. The quantitative estimate of drug-likeness (QED) is 0.373. The van der Waals surface area contributed by atoms with Gasteiger partial charge in [0, 0.05) is 5.92 Å². The minimum absolute atomic E-state index is 0.504. The lowest BCUT2D eigenvalue weighted by atomic mass is 9.85. The molecular formula is C12H19NO. The first-order valence-corrected chi connectivity index (χ1v) is 5.29. The predicted octanol–water partition coefficient (Wildman–Crippen LogP) is 3.31. The molecular weight excluding hydrogens is 174 g/mol. The van der Waals surface area contributed by atoms with Crippen LogP contribution < -0.4 is 0 Å². The number of oxime groups is 1. The molecule has 0 aromatic rings. The molecule has 1 unspecified atom stereocenters. The van der Waals surface area contributed by atoms with Crippen molar-refractivity contribution in [3.05, 3.63) is 25.3 Å².